The Morgan fingerprint density at radius 3 is 2.40 bits per heavy atom. The van der Waals surface area contributed by atoms with Crippen LogP contribution in [-0.4, -0.2) is 10.4 Å². The Bertz CT molecular complexity index is 1120. The van der Waals surface area contributed by atoms with E-state index in [9.17, 15) is 4.79 Å². The molecule has 0 N–H and O–H groups in total. The quantitative estimate of drug-likeness (QED) is 0.445. The van der Waals surface area contributed by atoms with Gasteiger partial charge in [-0.2, -0.15) is 0 Å². The molecule has 0 aliphatic rings. The zero-order valence-electron chi connectivity index (χ0n) is 14.8. The van der Waals surface area contributed by atoms with E-state index in [1.807, 2.05) is 38.1 Å². The first-order chi connectivity index (χ1) is 12.1. The molecule has 0 saturated carbocycles. The van der Waals surface area contributed by atoms with Crippen LogP contribution in [0.15, 0.2) is 60.7 Å². The van der Waals surface area contributed by atoms with E-state index in [1.165, 1.54) is 22.0 Å². The molecular formula is C23H21NO. The summed E-state index contributed by atoms with van der Waals surface area (Å²) in [6, 6.07) is 20.5. The summed E-state index contributed by atoms with van der Waals surface area (Å²) in [5, 5.41) is 2.35. The Labute approximate surface area is 147 Å². The highest BCUT2D eigenvalue weighted by atomic mass is 16.1. The molecule has 2 heteroatoms. The predicted octanol–water partition coefficient (Wildman–Crippen LogP) is 5.66. The molecule has 25 heavy (non-hydrogen) atoms. The van der Waals surface area contributed by atoms with E-state index in [0.717, 1.165) is 28.6 Å². The van der Waals surface area contributed by atoms with Crippen LogP contribution in [0.1, 0.15) is 34.0 Å². The van der Waals surface area contributed by atoms with Crippen LogP contribution in [0.25, 0.3) is 21.8 Å². The standard InChI is InChI=1S/C23H21NO/c1-4-24-21-8-6-5-7-19(21)20-14-17(10-12-22(20)24)23(25)18-11-9-15(2)13-16(18)3/h5-14H,4H2,1-3H3. The molecule has 4 rings (SSSR count). The smallest absolute Gasteiger partial charge is 0.193 e. The van der Waals surface area contributed by atoms with Crippen molar-refractivity contribution in [3.05, 3.63) is 82.9 Å². The predicted molar refractivity (Wildman–Crippen MR) is 104 cm³/mol. The van der Waals surface area contributed by atoms with Crippen LogP contribution in [-0.2, 0) is 6.54 Å². The first kappa shape index (κ1) is 15.6. The van der Waals surface area contributed by atoms with Crippen LogP contribution in [0, 0.1) is 13.8 Å². The number of fused-ring (bicyclic) bond motifs is 3. The molecule has 2 nitrogen and oxygen atoms in total. The number of benzene rings is 3. The number of ketones is 1. The van der Waals surface area contributed by atoms with Crippen LogP contribution in [0.4, 0.5) is 0 Å². The van der Waals surface area contributed by atoms with E-state index >= 15 is 0 Å². The SMILES string of the molecule is CCn1c2ccccc2c2cc(C(=O)c3ccc(C)cc3C)ccc21. The van der Waals surface area contributed by atoms with Crippen molar-refractivity contribution < 1.29 is 4.79 Å². The Morgan fingerprint density at radius 1 is 0.880 bits per heavy atom. The van der Waals surface area contributed by atoms with E-state index in [0.29, 0.717) is 0 Å². The largest absolute Gasteiger partial charge is 0.341 e. The minimum absolute atomic E-state index is 0.0905. The molecule has 0 aliphatic carbocycles. The zero-order valence-corrected chi connectivity index (χ0v) is 14.8. The number of para-hydroxylation sites is 1. The van der Waals surface area contributed by atoms with Gasteiger partial charge in [-0.3, -0.25) is 4.79 Å². The molecular weight excluding hydrogens is 306 g/mol. The number of carbonyl (C=O) groups excluding carboxylic acids is 1. The minimum atomic E-state index is 0.0905. The van der Waals surface area contributed by atoms with Crippen molar-refractivity contribution in [3.63, 3.8) is 0 Å². The highest BCUT2D eigenvalue weighted by molar-refractivity contribution is 6.15. The first-order valence-electron chi connectivity index (χ1n) is 8.73. The molecule has 4 aromatic rings. The number of aryl methyl sites for hydroxylation is 3. The van der Waals surface area contributed by atoms with E-state index < -0.39 is 0 Å². The van der Waals surface area contributed by atoms with Gasteiger partial charge in [0.25, 0.3) is 0 Å². The molecule has 0 radical (unpaired) electrons. The van der Waals surface area contributed by atoms with Crippen LogP contribution in [0.5, 0.6) is 0 Å². The molecule has 0 fully saturated rings. The van der Waals surface area contributed by atoms with Crippen molar-refractivity contribution in [2.24, 2.45) is 0 Å². The Balaban J connectivity index is 1.92. The van der Waals surface area contributed by atoms with Gasteiger partial charge in [0, 0.05) is 39.5 Å². The lowest BCUT2D eigenvalue weighted by Crippen LogP contribution is -2.04. The topological polar surface area (TPSA) is 22.0 Å². The van der Waals surface area contributed by atoms with Crippen molar-refractivity contribution in [2.45, 2.75) is 27.3 Å². The zero-order chi connectivity index (χ0) is 17.6. The normalized spacial score (nSPS) is 11.3. The summed E-state index contributed by atoms with van der Waals surface area (Å²) < 4.78 is 2.30. The third kappa shape index (κ3) is 2.45. The average molecular weight is 327 g/mol. The third-order valence-electron chi connectivity index (χ3n) is 4.98. The van der Waals surface area contributed by atoms with E-state index in [-0.39, 0.29) is 5.78 Å². The number of hydrogen-bond donors (Lipinski definition) is 0. The summed E-state index contributed by atoms with van der Waals surface area (Å²) in [4.78, 5) is 13.0. The Hall–Kier alpha value is -2.87. The summed E-state index contributed by atoms with van der Waals surface area (Å²) >= 11 is 0. The monoisotopic (exact) mass is 327 g/mol. The Morgan fingerprint density at radius 2 is 1.64 bits per heavy atom. The average Bonchev–Trinajstić information content (AvgIpc) is 2.94. The summed E-state index contributed by atoms with van der Waals surface area (Å²) in [6.45, 7) is 7.11. The first-order valence-corrected chi connectivity index (χ1v) is 8.73. The summed E-state index contributed by atoms with van der Waals surface area (Å²) in [5.41, 5.74) is 6.14. The van der Waals surface area contributed by atoms with Crippen molar-refractivity contribution in [1.82, 2.24) is 4.57 Å². The molecule has 0 bridgehead atoms. The number of rotatable bonds is 3. The number of hydrogen-bond acceptors (Lipinski definition) is 1. The molecule has 0 amide bonds. The van der Waals surface area contributed by atoms with Crippen LogP contribution < -0.4 is 0 Å². The maximum atomic E-state index is 13.0. The maximum absolute atomic E-state index is 13.0. The van der Waals surface area contributed by atoms with Crippen LogP contribution >= 0.6 is 0 Å². The second-order valence-corrected chi connectivity index (χ2v) is 6.64. The van der Waals surface area contributed by atoms with Crippen molar-refractivity contribution >= 4 is 27.6 Å². The van der Waals surface area contributed by atoms with E-state index in [2.05, 4.69) is 47.9 Å². The lowest BCUT2D eigenvalue weighted by molar-refractivity contribution is 0.103. The van der Waals surface area contributed by atoms with Gasteiger partial charge in [0.2, 0.25) is 0 Å². The van der Waals surface area contributed by atoms with Gasteiger partial charge >= 0.3 is 0 Å². The summed E-state index contributed by atoms with van der Waals surface area (Å²) in [6.07, 6.45) is 0. The molecule has 1 aromatic heterocycles. The molecule has 3 aromatic carbocycles. The fourth-order valence-corrected chi connectivity index (χ4v) is 3.76. The molecule has 0 atom stereocenters. The van der Waals surface area contributed by atoms with Gasteiger partial charge in [0.05, 0.1) is 0 Å². The second kappa shape index (κ2) is 5.89. The molecule has 0 aliphatic heterocycles. The van der Waals surface area contributed by atoms with Gasteiger partial charge in [-0.1, -0.05) is 42.0 Å². The number of carbonyl (C=O) groups is 1. The van der Waals surface area contributed by atoms with Crippen LogP contribution in [0.3, 0.4) is 0 Å². The van der Waals surface area contributed by atoms with Gasteiger partial charge < -0.3 is 4.57 Å². The van der Waals surface area contributed by atoms with Gasteiger partial charge in [-0.15, -0.1) is 0 Å². The molecule has 0 spiro atoms. The molecule has 124 valence electrons. The fourth-order valence-electron chi connectivity index (χ4n) is 3.76. The second-order valence-electron chi connectivity index (χ2n) is 6.64. The highest BCUT2D eigenvalue weighted by Gasteiger charge is 2.15. The lowest BCUT2D eigenvalue weighted by Gasteiger charge is -2.07. The van der Waals surface area contributed by atoms with Crippen LogP contribution in [0.2, 0.25) is 0 Å². The summed E-state index contributed by atoms with van der Waals surface area (Å²) in [7, 11) is 0. The number of aromatic nitrogens is 1. The van der Waals surface area contributed by atoms with Gasteiger partial charge in [0.1, 0.15) is 0 Å². The van der Waals surface area contributed by atoms with Gasteiger partial charge in [-0.25, -0.2) is 0 Å². The van der Waals surface area contributed by atoms with E-state index in [4.69, 9.17) is 0 Å². The highest BCUT2D eigenvalue weighted by Crippen LogP contribution is 2.30. The maximum Gasteiger partial charge on any atom is 0.193 e. The minimum Gasteiger partial charge on any atom is -0.341 e. The van der Waals surface area contributed by atoms with E-state index in [1.54, 1.807) is 0 Å². The molecule has 0 unspecified atom stereocenters. The fraction of sp³-hybridized carbons (Fsp3) is 0.174. The molecule has 1 heterocycles. The van der Waals surface area contributed by atoms with Crippen molar-refractivity contribution in [1.29, 1.82) is 0 Å². The lowest BCUT2D eigenvalue weighted by atomic mass is 9.96. The third-order valence-corrected chi connectivity index (χ3v) is 4.98. The van der Waals surface area contributed by atoms with Crippen molar-refractivity contribution in [3.8, 4) is 0 Å². The summed E-state index contributed by atoms with van der Waals surface area (Å²) in [5.74, 6) is 0.0905. The molecule has 0 saturated heterocycles. The number of nitrogens with zero attached hydrogens (tertiary/aromatic N) is 1. The Kier molecular flexibility index (Phi) is 3.69. The van der Waals surface area contributed by atoms with Gasteiger partial charge in [-0.05, 0) is 50.6 Å². The van der Waals surface area contributed by atoms with Gasteiger partial charge in [0.15, 0.2) is 5.78 Å². The van der Waals surface area contributed by atoms with Crippen molar-refractivity contribution in [2.75, 3.05) is 0 Å².